The first kappa shape index (κ1) is 17.1. The Kier molecular flexibility index (Phi) is 5.06. The van der Waals surface area contributed by atoms with Crippen molar-refractivity contribution in [2.24, 2.45) is 0 Å². The van der Waals surface area contributed by atoms with Crippen molar-refractivity contribution in [2.75, 3.05) is 10.6 Å². The third-order valence-corrected chi connectivity index (χ3v) is 3.62. The summed E-state index contributed by atoms with van der Waals surface area (Å²) >= 11 is 11.6. The van der Waals surface area contributed by atoms with Gasteiger partial charge in [-0.3, -0.25) is 4.79 Å². The monoisotopic (exact) mass is 377 g/mol. The Bertz CT molecular complexity index is 921. The minimum absolute atomic E-state index is 0.0976. The zero-order chi connectivity index (χ0) is 17.8. The molecule has 0 spiro atoms. The molecule has 0 saturated carbocycles. The van der Waals surface area contributed by atoms with E-state index in [9.17, 15) is 9.18 Å². The Balaban J connectivity index is 1.72. The molecule has 2 heterocycles. The molecule has 0 unspecified atom stereocenters. The molecular weight excluding hydrogens is 368 g/mol. The zero-order valence-electron chi connectivity index (χ0n) is 12.5. The van der Waals surface area contributed by atoms with E-state index in [0.717, 1.165) is 6.20 Å². The van der Waals surface area contributed by atoms with Gasteiger partial charge < -0.3 is 10.6 Å². The second-order valence-electron chi connectivity index (χ2n) is 4.83. The fraction of sp³-hybridized carbons (Fsp3) is 0. The lowest BCUT2D eigenvalue weighted by Crippen LogP contribution is -2.12. The van der Waals surface area contributed by atoms with Crippen LogP contribution in [0.4, 0.5) is 21.7 Å². The molecule has 0 aliphatic carbocycles. The third kappa shape index (κ3) is 4.20. The first-order chi connectivity index (χ1) is 12.0. The SMILES string of the molecule is O=C(Nc1ccccc1Cl)c1ccc(Nc2nc(Cl)ncc2F)nc1. The van der Waals surface area contributed by atoms with Crippen molar-refractivity contribution in [1.82, 2.24) is 15.0 Å². The third-order valence-electron chi connectivity index (χ3n) is 3.11. The Hall–Kier alpha value is -2.77. The van der Waals surface area contributed by atoms with Gasteiger partial charge in [0.05, 0.1) is 22.5 Å². The van der Waals surface area contributed by atoms with Gasteiger partial charge in [0, 0.05) is 6.20 Å². The normalized spacial score (nSPS) is 10.4. The lowest BCUT2D eigenvalue weighted by Gasteiger charge is -2.08. The first-order valence-electron chi connectivity index (χ1n) is 7.00. The summed E-state index contributed by atoms with van der Waals surface area (Å²) in [5.74, 6) is -0.862. The van der Waals surface area contributed by atoms with Gasteiger partial charge >= 0.3 is 0 Å². The van der Waals surface area contributed by atoms with Crippen molar-refractivity contribution in [3.63, 3.8) is 0 Å². The van der Waals surface area contributed by atoms with Crippen LogP contribution in [-0.4, -0.2) is 20.9 Å². The number of hydrogen-bond donors (Lipinski definition) is 2. The highest BCUT2D eigenvalue weighted by Crippen LogP contribution is 2.21. The standard InChI is InChI=1S/C16H10Cl2FN5O/c17-10-3-1-2-4-12(10)22-15(25)9-5-6-13(20-7-9)23-14-11(19)8-21-16(18)24-14/h1-8H,(H,22,25)(H,20,21,23,24). The molecule has 1 amide bonds. The fourth-order valence-corrected chi connectivity index (χ4v) is 2.23. The van der Waals surface area contributed by atoms with E-state index >= 15 is 0 Å². The van der Waals surface area contributed by atoms with E-state index in [0.29, 0.717) is 22.1 Å². The quantitative estimate of drug-likeness (QED) is 0.662. The molecule has 126 valence electrons. The molecule has 0 atom stereocenters. The zero-order valence-corrected chi connectivity index (χ0v) is 14.0. The van der Waals surface area contributed by atoms with Crippen LogP contribution < -0.4 is 10.6 Å². The number of halogens is 3. The summed E-state index contributed by atoms with van der Waals surface area (Å²) in [4.78, 5) is 23.5. The maximum absolute atomic E-state index is 13.6. The van der Waals surface area contributed by atoms with Crippen LogP contribution in [0.15, 0.2) is 48.8 Å². The minimum atomic E-state index is -0.674. The molecule has 3 aromatic rings. The summed E-state index contributed by atoms with van der Waals surface area (Å²) in [7, 11) is 0. The van der Waals surface area contributed by atoms with Crippen LogP contribution in [0.3, 0.4) is 0 Å². The number of para-hydroxylation sites is 1. The predicted octanol–water partition coefficient (Wildman–Crippen LogP) is 4.31. The number of nitrogens with zero attached hydrogens (tertiary/aromatic N) is 3. The largest absolute Gasteiger partial charge is 0.322 e. The maximum atomic E-state index is 13.6. The van der Waals surface area contributed by atoms with Gasteiger partial charge in [-0.25, -0.2) is 14.4 Å². The van der Waals surface area contributed by atoms with E-state index in [2.05, 4.69) is 25.6 Å². The Morgan fingerprint density at radius 1 is 1.04 bits per heavy atom. The van der Waals surface area contributed by atoms with Crippen molar-refractivity contribution in [1.29, 1.82) is 0 Å². The van der Waals surface area contributed by atoms with Crippen LogP contribution in [-0.2, 0) is 0 Å². The van der Waals surface area contributed by atoms with Gasteiger partial charge in [0.15, 0.2) is 11.6 Å². The van der Waals surface area contributed by atoms with E-state index in [1.807, 2.05) is 0 Å². The van der Waals surface area contributed by atoms with Gasteiger partial charge in [-0.05, 0) is 35.9 Å². The van der Waals surface area contributed by atoms with Crippen molar-refractivity contribution in [2.45, 2.75) is 0 Å². The van der Waals surface area contributed by atoms with Gasteiger partial charge in [-0.2, -0.15) is 4.98 Å². The number of aromatic nitrogens is 3. The van der Waals surface area contributed by atoms with E-state index in [1.165, 1.54) is 18.3 Å². The van der Waals surface area contributed by atoms with Crippen molar-refractivity contribution in [3.05, 3.63) is 70.5 Å². The number of hydrogen-bond acceptors (Lipinski definition) is 5. The van der Waals surface area contributed by atoms with Crippen LogP contribution in [0.5, 0.6) is 0 Å². The molecule has 0 fully saturated rings. The number of pyridine rings is 1. The first-order valence-corrected chi connectivity index (χ1v) is 7.75. The molecule has 2 aromatic heterocycles. The lowest BCUT2D eigenvalue weighted by atomic mass is 10.2. The molecule has 3 rings (SSSR count). The summed E-state index contributed by atoms with van der Waals surface area (Å²) < 4.78 is 13.6. The van der Waals surface area contributed by atoms with E-state index in [4.69, 9.17) is 23.2 Å². The fourth-order valence-electron chi connectivity index (χ4n) is 1.91. The second-order valence-corrected chi connectivity index (χ2v) is 5.57. The Morgan fingerprint density at radius 3 is 2.56 bits per heavy atom. The van der Waals surface area contributed by atoms with Crippen LogP contribution >= 0.6 is 23.2 Å². The topological polar surface area (TPSA) is 79.8 Å². The molecule has 0 aliphatic heterocycles. The van der Waals surface area contributed by atoms with Gasteiger partial charge in [-0.1, -0.05) is 23.7 Å². The number of carbonyl (C=O) groups excluding carboxylic acids is 1. The number of amides is 1. The van der Waals surface area contributed by atoms with Crippen molar-refractivity contribution < 1.29 is 9.18 Å². The molecule has 6 nitrogen and oxygen atoms in total. The minimum Gasteiger partial charge on any atom is -0.322 e. The molecule has 0 aliphatic rings. The number of benzene rings is 1. The molecule has 1 aromatic carbocycles. The Labute approximate surface area is 152 Å². The molecular formula is C16H10Cl2FN5O. The summed E-state index contributed by atoms with van der Waals surface area (Å²) in [6.07, 6.45) is 2.29. The van der Waals surface area contributed by atoms with Gasteiger partial charge in [0.2, 0.25) is 5.28 Å². The molecule has 2 N–H and O–H groups in total. The highest BCUT2D eigenvalue weighted by molar-refractivity contribution is 6.33. The van der Waals surface area contributed by atoms with E-state index < -0.39 is 5.82 Å². The van der Waals surface area contributed by atoms with Gasteiger partial charge in [-0.15, -0.1) is 0 Å². The number of nitrogens with one attached hydrogen (secondary N) is 2. The molecule has 9 heteroatoms. The van der Waals surface area contributed by atoms with E-state index in [1.54, 1.807) is 24.3 Å². The van der Waals surface area contributed by atoms with Crippen LogP contribution in [0, 0.1) is 5.82 Å². The number of carbonyl (C=O) groups is 1. The Morgan fingerprint density at radius 2 is 1.84 bits per heavy atom. The summed E-state index contributed by atoms with van der Waals surface area (Å²) in [6.45, 7) is 0. The van der Waals surface area contributed by atoms with Crippen LogP contribution in [0.1, 0.15) is 10.4 Å². The average Bonchev–Trinajstić information content (AvgIpc) is 2.61. The average molecular weight is 378 g/mol. The van der Waals surface area contributed by atoms with Crippen molar-refractivity contribution in [3.8, 4) is 0 Å². The molecule has 0 radical (unpaired) electrons. The van der Waals surface area contributed by atoms with Gasteiger partial charge in [0.1, 0.15) is 5.82 Å². The van der Waals surface area contributed by atoms with Gasteiger partial charge in [0.25, 0.3) is 5.91 Å². The summed E-state index contributed by atoms with van der Waals surface area (Å²) in [5, 5.41) is 5.68. The second kappa shape index (κ2) is 7.42. The maximum Gasteiger partial charge on any atom is 0.257 e. The number of anilines is 3. The molecule has 25 heavy (non-hydrogen) atoms. The predicted molar refractivity (Wildman–Crippen MR) is 93.9 cm³/mol. The summed E-state index contributed by atoms with van der Waals surface area (Å²) in [5.41, 5.74) is 0.806. The molecule has 0 saturated heterocycles. The van der Waals surface area contributed by atoms with Crippen LogP contribution in [0.2, 0.25) is 10.3 Å². The van der Waals surface area contributed by atoms with Crippen LogP contribution in [0.25, 0.3) is 0 Å². The van der Waals surface area contributed by atoms with Crippen molar-refractivity contribution >= 4 is 46.4 Å². The summed E-state index contributed by atoms with van der Waals surface area (Å²) in [6, 6.07) is 9.92. The highest BCUT2D eigenvalue weighted by atomic mass is 35.5. The lowest BCUT2D eigenvalue weighted by molar-refractivity contribution is 0.102. The highest BCUT2D eigenvalue weighted by Gasteiger charge is 2.10. The molecule has 0 bridgehead atoms. The van der Waals surface area contributed by atoms with E-state index in [-0.39, 0.29) is 17.0 Å². The smallest absolute Gasteiger partial charge is 0.257 e. The number of rotatable bonds is 4.